The van der Waals surface area contributed by atoms with Crippen LogP contribution in [0.15, 0.2) is 63.9 Å². The SMILES string of the molecule is COc1ccc(OCc2cn(Cc3cc(=O)oc4ccc(OC)cc34)nn2)cc1. The standard InChI is InChI=1S/C21H19N3O5/c1-26-16-3-5-17(6-4-16)28-13-15-12-24(23-22-15)11-14-9-21(25)29-20-8-7-18(27-2)10-19(14)20/h3-10,12H,11,13H2,1-2H3. The van der Waals surface area contributed by atoms with Crippen molar-refractivity contribution in [2.24, 2.45) is 0 Å². The van der Waals surface area contributed by atoms with Gasteiger partial charge in [0, 0.05) is 11.5 Å². The molecule has 0 unspecified atom stereocenters. The van der Waals surface area contributed by atoms with Gasteiger partial charge < -0.3 is 18.6 Å². The second-order valence-electron chi connectivity index (χ2n) is 6.32. The van der Waals surface area contributed by atoms with Crippen molar-refractivity contribution >= 4 is 11.0 Å². The predicted octanol–water partition coefficient (Wildman–Crippen LogP) is 3.03. The van der Waals surface area contributed by atoms with Gasteiger partial charge >= 0.3 is 5.63 Å². The molecule has 2 aromatic carbocycles. The van der Waals surface area contributed by atoms with Crippen LogP contribution >= 0.6 is 0 Å². The van der Waals surface area contributed by atoms with Gasteiger partial charge in [-0.25, -0.2) is 9.48 Å². The lowest BCUT2D eigenvalue weighted by Gasteiger charge is -2.07. The van der Waals surface area contributed by atoms with E-state index in [0.29, 0.717) is 29.3 Å². The Labute approximate surface area is 166 Å². The number of fused-ring (bicyclic) bond motifs is 1. The average molecular weight is 393 g/mol. The molecule has 0 atom stereocenters. The van der Waals surface area contributed by atoms with Gasteiger partial charge in [0.2, 0.25) is 0 Å². The zero-order valence-corrected chi connectivity index (χ0v) is 16.0. The van der Waals surface area contributed by atoms with Crippen LogP contribution in [0.1, 0.15) is 11.3 Å². The summed E-state index contributed by atoms with van der Waals surface area (Å²) >= 11 is 0. The summed E-state index contributed by atoms with van der Waals surface area (Å²) in [5.41, 5.74) is 1.52. The molecule has 0 aliphatic heterocycles. The lowest BCUT2D eigenvalue weighted by molar-refractivity contribution is 0.300. The smallest absolute Gasteiger partial charge is 0.336 e. The van der Waals surface area contributed by atoms with Crippen LogP contribution in [0.4, 0.5) is 0 Å². The van der Waals surface area contributed by atoms with E-state index >= 15 is 0 Å². The van der Waals surface area contributed by atoms with E-state index < -0.39 is 5.63 Å². The van der Waals surface area contributed by atoms with Crippen LogP contribution in [0, 0.1) is 0 Å². The largest absolute Gasteiger partial charge is 0.497 e. The van der Waals surface area contributed by atoms with E-state index in [-0.39, 0.29) is 6.61 Å². The Morgan fingerprint density at radius 3 is 2.45 bits per heavy atom. The van der Waals surface area contributed by atoms with Crippen molar-refractivity contribution in [1.82, 2.24) is 15.0 Å². The molecule has 0 spiro atoms. The van der Waals surface area contributed by atoms with E-state index in [0.717, 1.165) is 16.7 Å². The van der Waals surface area contributed by atoms with E-state index in [9.17, 15) is 4.79 Å². The third kappa shape index (κ3) is 4.21. The third-order valence-corrected chi connectivity index (χ3v) is 4.40. The number of hydrogen-bond donors (Lipinski definition) is 0. The van der Waals surface area contributed by atoms with Crippen LogP contribution in [0.2, 0.25) is 0 Å². The normalized spacial score (nSPS) is 10.8. The number of ether oxygens (including phenoxy) is 3. The number of methoxy groups -OCH3 is 2. The van der Waals surface area contributed by atoms with Gasteiger partial charge in [0.25, 0.3) is 0 Å². The highest BCUT2D eigenvalue weighted by Crippen LogP contribution is 2.23. The first-order valence-corrected chi connectivity index (χ1v) is 8.91. The molecule has 8 heteroatoms. The Hall–Kier alpha value is -3.81. The van der Waals surface area contributed by atoms with E-state index in [2.05, 4.69) is 10.3 Å². The van der Waals surface area contributed by atoms with Gasteiger partial charge in [0.05, 0.1) is 27.0 Å². The lowest BCUT2D eigenvalue weighted by Crippen LogP contribution is -2.06. The zero-order chi connectivity index (χ0) is 20.2. The van der Waals surface area contributed by atoms with Crippen LogP contribution in [0.5, 0.6) is 17.2 Å². The molecule has 29 heavy (non-hydrogen) atoms. The van der Waals surface area contributed by atoms with Crippen LogP contribution in [-0.2, 0) is 13.2 Å². The van der Waals surface area contributed by atoms with Crippen molar-refractivity contribution in [1.29, 1.82) is 0 Å². The molecule has 0 radical (unpaired) electrons. The quantitative estimate of drug-likeness (QED) is 0.446. The molecule has 0 saturated carbocycles. The molecule has 0 aliphatic rings. The van der Waals surface area contributed by atoms with Gasteiger partial charge in [-0.1, -0.05) is 5.21 Å². The third-order valence-electron chi connectivity index (χ3n) is 4.40. The second-order valence-corrected chi connectivity index (χ2v) is 6.32. The Bertz CT molecular complexity index is 1180. The van der Waals surface area contributed by atoms with E-state index in [4.69, 9.17) is 18.6 Å². The first kappa shape index (κ1) is 18.5. The summed E-state index contributed by atoms with van der Waals surface area (Å²) in [7, 11) is 3.20. The first-order valence-electron chi connectivity index (χ1n) is 8.91. The summed E-state index contributed by atoms with van der Waals surface area (Å²) in [6.07, 6.45) is 1.78. The number of rotatable bonds is 7. The van der Waals surface area contributed by atoms with Gasteiger partial charge in [-0.05, 0) is 48.0 Å². The number of aromatic nitrogens is 3. The lowest BCUT2D eigenvalue weighted by atomic mass is 10.1. The average Bonchev–Trinajstić information content (AvgIpc) is 3.19. The highest BCUT2D eigenvalue weighted by atomic mass is 16.5. The monoisotopic (exact) mass is 393 g/mol. The van der Waals surface area contributed by atoms with Crippen LogP contribution in [0.25, 0.3) is 11.0 Å². The number of hydrogen-bond acceptors (Lipinski definition) is 7. The van der Waals surface area contributed by atoms with Crippen LogP contribution < -0.4 is 19.8 Å². The molecule has 0 fully saturated rings. The van der Waals surface area contributed by atoms with Gasteiger partial charge in [-0.15, -0.1) is 5.10 Å². The molecule has 0 saturated heterocycles. The van der Waals surface area contributed by atoms with Gasteiger partial charge in [0.1, 0.15) is 35.1 Å². The molecule has 148 valence electrons. The van der Waals surface area contributed by atoms with Crippen molar-refractivity contribution < 1.29 is 18.6 Å². The number of benzene rings is 2. The number of nitrogens with zero attached hydrogens (tertiary/aromatic N) is 3. The molecule has 2 heterocycles. The predicted molar refractivity (Wildman–Crippen MR) is 105 cm³/mol. The van der Waals surface area contributed by atoms with Gasteiger partial charge in [-0.3, -0.25) is 0 Å². The molecule has 0 amide bonds. The molecule has 0 N–H and O–H groups in total. The summed E-state index contributed by atoms with van der Waals surface area (Å²) in [6, 6.07) is 14.1. The second kappa shape index (κ2) is 8.05. The van der Waals surface area contributed by atoms with Gasteiger partial charge in [0.15, 0.2) is 0 Å². The maximum atomic E-state index is 11.9. The summed E-state index contributed by atoms with van der Waals surface area (Å²) in [5, 5.41) is 9.05. The maximum absolute atomic E-state index is 11.9. The van der Waals surface area contributed by atoms with Crippen molar-refractivity contribution in [2.45, 2.75) is 13.2 Å². The molecule has 4 rings (SSSR count). The molecule has 2 aromatic heterocycles. The minimum absolute atomic E-state index is 0.276. The fourth-order valence-electron chi connectivity index (χ4n) is 2.95. The summed E-state index contributed by atoms with van der Waals surface area (Å²) < 4.78 is 23.0. The maximum Gasteiger partial charge on any atom is 0.336 e. The Balaban J connectivity index is 1.50. The fourth-order valence-corrected chi connectivity index (χ4v) is 2.95. The Kier molecular flexibility index (Phi) is 5.15. The minimum Gasteiger partial charge on any atom is -0.497 e. The van der Waals surface area contributed by atoms with Crippen LogP contribution in [0.3, 0.4) is 0 Å². The molecular formula is C21H19N3O5. The first-order chi connectivity index (χ1) is 14.1. The molecule has 4 aromatic rings. The van der Waals surface area contributed by atoms with Crippen molar-refractivity contribution in [2.75, 3.05) is 14.2 Å². The molecule has 0 bridgehead atoms. The van der Waals surface area contributed by atoms with Crippen molar-refractivity contribution in [3.63, 3.8) is 0 Å². The molecular weight excluding hydrogens is 374 g/mol. The Morgan fingerprint density at radius 1 is 0.966 bits per heavy atom. The van der Waals surface area contributed by atoms with Crippen LogP contribution in [-0.4, -0.2) is 29.2 Å². The molecule has 0 aliphatic carbocycles. The Morgan fingerprint density at radius 2 is 1.69 bits per heavy atom. The van der Waals surface area contributed by atoms with Gasteiger partial charge in [-0.2, -0.15) is 0 Å². The summed E-state index contributed by atoms with van der Waals surface area (Å²) in [6.45, 7) is 0.641. The van der Waals surface area contributed by atoms with E-state index in [1.165, 1.54) is 6.07 Å². The fraction of sp³-hybridized carbons (Fsp3) is 0.190. The topological polar surface area (TPSA) is 88.6 Å². The molecule has 8 nitrogen and oxygen atoms in total. The van der Waals surface area contributed by atoms with E-state index in [1.54, 1.807) is 37.2 Å². The van der Waals surface area contributed by atoms with Crippen molar-refractivity contribution in [3.8, 4) is 17.2 Å². The summed E-state index contributed by atoms with van der Waals surface area (Å²) in [4.78, 5) is 11.9. The highest BCUT2D eigenvalue weighted by molar-refractivity contribution is 5.81. The zero-order valence-electron chi connectivity index (χ0n) is 16.0. The summed E-state index contributed by atoms with van der Waals surface area (Å²) in [5.74, 6) is 2.15. The minimum atomic E-state index is -0.416. The highest BCUT2D eigenvalue weighted by Gasteiger charge is 2.10. The van der Waals surface area contributed by atoms with E-state index in [1.807, 2.05) is 30.3 Å². The van der Waals surface area contributed by atoms with Crippen molar-refractivity contribution in [3.05, 3.63) is 76.4 Å².